The lowest BCUT2D eigenvalue weighted by molar-refractivity contribution is -0.134. The highest BCUT2D eigenvalue weighted by Crippen LogP contribution is 2.37. The number of rotatable bonds is 7. The molecule has 3 aromatic carbocycles. The van der Waals surface area contributed by atoms with E-state index in [1.807, 2.05) is 43.3 Å². The van der Waals surface area contributed by atoms with Crippen molar-refractivity contribution >= 4 is 11.6 Å². The van der Waals surface area contributed by atoms with Gasteiger partial charge in [-0.3, -0.25) is 4.79 Å². The number of hydrogen-bond acceptors (Lipinski definition) is 5. The van der Waals surface area contributed by atoms with Crippen LogP contribution < -0.4 is 14.4 Å². The molecule has 2 heterocycles. The number of alkyl halides is 3. The van der Waals surface area contributed by atoms with Crippen LogP contribution in [-0.4, -0.2) is 47.3 Å². The first-order chi connectivity index (χ1) is 19.2. The third-order valence-electron chi connectivity index (χ3n) is 6.74. The average Bonchev–Trinajstić information content (AvgIpc) is 3.37. The Morgan fingerprint density at radius 3 is 2.50 bits per heavy atom. The van der Waals surface area contributed by atoms with Crippen molar-refractivity contribution in [3.8, 4) is 33.9 Å². The second-order valence-corrected chi connectivity index (χ2v) is 9.29. The van der Waals surface area contributed by atoms with Crippen molar-refractivity contribution < 1.29 is 31.8 Å². The minimum Gasteiger partial charge on any atom is -0.496 e. The van der Waals surface area contributed by atoms with Gasteiger partial charge in [0.2, 0.25) is 0 Å². The fraction of sp³-hybridized carbons (Fsp3) is 0.276. The molecule has 4 aromatic rings. The standard InChI is InChI=1S/C29H26F4N4O3/c1-3-40-20-10-7-18(8-11-20)21-12-9-19(15-27(21)39-2)24-16-37(35-34-24)26-14-13-22-23(30)5-4-6-25(22)36(28(26)38)17-29(31,32)33/h4-12,15-16,26H,3,13-14,17H2,1-2H3. The van der Waals surface area contributed by atoms with Gasteiger partial charge in [-0.2, -0.15) is 13.2 Å². The maximum atomic E-state index is 14.5. The lowest BCUT2D eigenvalue weighted by Crippen LogP contribution is -2.42. The Hall–Kier alpha value is -4.41. The summed E-state index contributed by atoms with van der Waals surface area (Å²) in [6, 6.07) is 15.7. The van der Waals surface area contributed by atoms with Crippen LogP contribution >= 0.6 is 0 Å². The van der Waals surface area contributed by atoms with Crippen LogP contribution in [0.5, 0.6) is 11.5 Å². The first-order valence-electron chi connectivity index (χ1n) is 12.7. The quantitative estimate of drug-likeness (QED) is 0.253. The van der Waals surface area contributed by atoms with E-state index in [1.54, 1.807) is 13.2 Å². The number of ether oxygens (including phenoxy) is 2. The molecule has 0 fully saturated rings. The summed E-state index contributed by atoms with van der Waals surface area (Å²) >= 11 is 0. The Labute approximate surface area is 227 Å². The summed E-state index contributed by atoms with van der Waals surface area (Å²) in [5.41, 5.74) is 2.77. The Balaban J connectivity index is 1.44. The van der Waals surface area contributed by atoms with Crippen LogP contribution in [0.25, 0.3) is 22.4 Å². The van der Waals surface area contributed by atoms with E-state index >= 15 is 0 Å². The lowest BCUT2D eigenvalue weighted by atomic mass is 10.0. The highest BCUT2D eigenvalue weighted by Gasteiger charge is 2.40. The van der Waals surface area contributed by atoms with Gasteiger partial charge in [0, 0.05) is 16.7 Å². The van der Waals surface area contributed by atoms with Crippen molar-refractivity contribution in [2.75, 3.05) is 25.2 Å². The number of halogens is 4. The van der Waals surface area contributed by atoms with Crippen LogP contribution in [0.4, 0.5) is 23.2 Å². The van der Waals surface area contributed by atoms with Gasteiger partial charge in [0.05, 0.1) is 25.6 Å². The number of hydrogen-bond donors (Lipinski definition) is 0. The molecule has 0 aliphatic carbocycles. The Morgan fingerprint density at radius 1 is 1.05 bits per heavy atom. The van der Waals surface area contributed by atoms with E-state index in [0.29, 0.717) is 28.5 Å². The third-order valence-corrected chi connectivity index (χ3v) is 6.74. The van der Waals surface area contributed by atoms with Gasteiger partial charge in [-0.15, -0.1) is 5.10 Å². The molecule has 0 saturated heterocycles. The molecule has 1 unspecified atom stereocenters. The molecule has 0 saturated carbocycles. The number of amides is 1. The first kappa shape index (κ1) is 27.2. The van der Waals surface area contributed by atoms with Crippen LogP contribution in [0.15, 0.2) is 66.9 Å². The zero-order valence-corrected chi connectivity index (χ0v) is 21.8. The number of fused-ring (bicyclic) bond motifs is 1. The molecule has 1 aromatic heterocycles. The maximum absolute atomic E-state index is 14.5. The van der Waals surface area contributed by atoms with Crippen LogP contribution in [0.3, 0.4) is 0 Å². The van der Waals surface area contributed by atoms with Crippen molar-refractivity contribution in [1.82, 2.24) is 15.0 Å². The zero-order chi connectivity index (χ0) is 28.4. The number of methoxy groups -OCH3 is 1. The topological polar surface area (TPSA) is 69.5 Å². The number of carbonyl (C=O) groups is 1. The van der Waals surface area contributed by atoms with Gasteiger partial charge in [-0.25, -0.2) is 9.07 Å². The minimum absolute atomic E-state index is 0.0594. The van der Waals surface area contributed by atoms with Crippen molar-refractivity contribution in [2.45, 2.75) is 32.0 Å². The van der Waals surface area contributed by atoms with E-state index in [1.165, 1.54) is 29.1 Å². The second kappa shape index (κ2) is 11.0. The SMILES string of the molecule is CCOc1ccc(-c2ccc(-c3cn(C4CCc5c(F)cccc5N(CC(F)(F)F)C4=O)nn3)cc2OC)cc1. The van der Waals surface area contributed by atoms with Gasteiger partial charge >= 0.3 is 6.18 Å². The molecule has 5 rings (SSSR count). The lowest BCUT2D eigenvalue weighted by Gasteiger charge is -2.26. The summed E-state index contributed by atoms with van der Waals surface area (Å²) in [5.74, 6) is -0.158. The van der Waals surface area contributed by atoms with Gasteiger partial charge < -0.3 is 14.4 Å². The Kier molecular flexibility index (Phi) is 7.46. The minimum atomic E-state index is -4.68. The molecule has 7 nitrogen and oxygen atoms in total. The molecule has 0 radical (unpaired) electrons. The molecule has 0 bridgehead atoms. The van der Waals surface area contributed by atoms with Gasteiger partial charge in [-0.1, -0.05) is 29.5 Å². The molecule has 1 aliphatic rings. The molecular formula is C29H26F4N4O3. The summed E-state index contributed by atoms with van der Waals surface area (Å²) < 4.78 is 67.2. The number of nitrogens with zero attached hydrogens (tertiary/aromatic N) is 4. The van der Waals surface area contributed by atoms with Crippen molar-refractivity contribution in [1.29, 1.82) is 0 Å². The van der Waals surface area contributed by atoms with Gasteiger partial charge in [-0.05, 0) is 61.7 Å². The predicted molar refractivity (Wildman–Crippen MR) is 141 cm³/mol. The molecule has 1 amide bonds. The van der Waals surface area contributed by atoms with Gasteiger partial charge in [0.1, 0.15) is 35.6 Å². The largest absolute Gasteiger partial charge is 0.496 e. The Bertz CT molecular complexity index is 1520. The summed E-state index contributed by atoms with van der Waals surface area (Å²) in [4.78, 5) is 14.0. The fourth-order valence-electron chi connectivity index (χ4n) is 4.89. The van der Waals surface area contributed by atoms with Crippen molar-refractivity contribution in [3.05, 3.63) is 78.2 Å². The molecular weight excluding hydrogens is 528 g/mol. The average molecular weight is 555 g/mol. The number of carbonyl (C=O) groups excluding carboxylic acids is 1. The molecule has 208 valence electrons. The molecule has 11 heteroatoms. The molecule has 1 aliphatic heterocycles. The highest BCUT2D eigenvalue weighted by molar-refractivity contribution is 5.97. The first-order valence-corrected chi connectivity index (χ1v) is 12.7. The number of benzene rings is 3. The van der Waals surface area contributed by atoms with E-state index in [-0.39, 0.29) is 24.1 Å². The van der Waals surface area contributed by atoms with Gasteiger partial charge in [0.15, 0.2) is 0 Å². The van der Waals surface area contributed by atoms with Crippen molar-refractivity contribution in [3.63, 3.8) is 0 Å². The van der Waals surface area contributed by atoms with Crippen LogP contribution in [0.1, 0.15) is 24.9 Å². The van der Waals surface area contributed by atoms with Crippen LogP contribution in [0, 0.1) is 5.82 Å². The Morgan fingerprint density at radius 2 is 1.80 bits per heavy atom. The van der Waals surface area contributed by atoms with E-state index in [2.05, 4.69) is 10.3 Å². The zero-order valence-electron chi connectivity index (χ0n) is 21.8. The summed E-state index contributed by atoms with van der Waals surface area (Å²) in [6.07, 6.45) is -3.05. The monoisotopic (exact) mass is 554 g/mol. The van der Waals surface area contributed by atoms with E-state index in [9.17, 15) is 22.4 Å². The predicted octanol–water partition coefficient (Wildman–Crippen LogP) is 6.24. The van der Waals surface area contributed by atoms with Crippen LogP contribution in [-0.2, 0) is 11.2 Å². The molecule has 40 heavy (non-hydrogen) atoms. The third kappa shape index (κ3) is 5.49. The van der Waals surface area contributed by atoms with E-state index in [0.717, 1.165) is 16.9 Å². The number of anilines is 1. The maximum Gasteiger partial charge on any atom is 0.406 e. The smallest absolute Gasteiger partial charge is 0.406 e. The highest BCUT2D eigenvalue weighted by atomic mass is 19.4. The molecule has 1 atom stereocenters. The summed E-state index contributed by atoms with van der Waals surface area (Å²) in [5, 5.41) is 8.25. The van der Waals surface area contributed by atoms with Crippen LogP contribution in [0.2, 0.25) is 0 Å². The van der Waals surface area contributed by atoms with E-state index in [4.69, 9.17) is 9.47 Å². The summed E-state index contributed by atoms with van der Waals surface area (Å²) in [7, 11) is 1.55. The summed E-state index contributed by atoms with van der Waals surface area (Å²) in [6.45, 7) is 0.939. The fourth-order valence-corrected chi connectivity index (χ4v) is 4.89. The van der Waals surface area contributed by atoms with E-state index < -0.39 is 30.5 Å². The molecule has 0 spiro atoms. The second-order valence-electron chi connectivity index (χ2n) is 9.29. The number of aromatic nitrogens is 3. The molecule has 0 N–H and O–H groups in total. The van der Waals surface area contributed by atoms with Crippen molar-refractivity contribution in [2.24, 2.45) is 0 Å². The normalized spacial score (nSPS) is 15.5. The van der Waals surface area contributed by atoms with Gasteiger partial charge in [0.25, 0.3) is 5.91 Å².